The second-order valence-corrected chi connectivity index (χ2v) is 5.94. The molecule has 114 valence electrons. The van der Waals surface area contributed by atoms with Crippen molar-refractivity contribution < 1.29 is 4.74 Å². The van der Waals surface area contributed by atoms with Gasteiger partial charge in [0.1, 0.15) is 17.2 Å². The van der Waals surface area contributed by atoms with E-state index in [0.29, 0.717) is 5.82 Å². The number of hydrogen-bond acceptors (Lipinski definition) is 6. The summed E-state index contributed by atoms with van der Waals surface area (Å²) in [5, 5.41) is 1.88. The van der Waals surface area contributed by atoms with E-state index in [4.69, 9.17) is 16.2 Å². The van der Waals surface area contributed by atoms with Crippen LogP contribution in [0.4, 0.5) is 11.8 Å². The second kappa shape index (κ2) is 5.42. The number of nitrogens with two attached hydrogens (primary N) is 2. The van der Waals surface area contributed by atoms with Crippen LogP contribution >= 0.6 is 11.8 Å². The van der Waals surface area contributed by atoms with Crippen LogP contribution in [0.3, 0.4) is 0 Å². The van der Waals surface area contributed by atoms with Crippen LogP contribution in [-0.4, -0.2) is 21.6 Å². The highest BCUT2D eigenvalue weighted by molar-refractivity contribution is 7.99. The Hall–Kier alpha value is -2.41. The average molecular weight is 315 g/mol. The molecule has 3 aromatic rings. The Kier molecular flexibility index (Phi) is 3.58. The fraction of sp³-hybridized carbons (Fsp3) is 0.200. The molecule has 0 saturated carbocycles. The molecule has 0 amide bonds. The van der Waals surface area contributed by atoms with Crippen molar-refractivity contribution in [3.8, 4) is 5.75 Å². The van der Waals surface area contributed by atoms with E-state index in [1.807, 2.05) is 42.8 Å². The molecule has 0 atom stereocenters. The quantitative estimate of drug-likeness (QED) is 0.772. The largest absolute Gasteiger partial charge is 0.496 e. The first-order chi connectivity index (χ1) is 10.5. The van der Waals surface area contributed by atoms with Gasteiger partial charge in [-0.15, -0.1) is 0 Å². The summed E-state index contributed by atoms with van der Waals surface area (Å²) in [5.41, 5.74) is 13.5. The lowest BCUT2D eigenvalue weighted by atomic mass is 10.2. The number of aryl methyl sites for hydroxylation is 2. The summed E-state index contributed by atoms with van der Waals surface area (Å²) in [5.74, 6) is 1.41. The monoisotopic (exact) mass is 315 g/mol. The smallest absolute Gasteiger partial charge is 0.223 e. The summed E-state index contributed by atoms with van der Waals surface area (Å²) in [7, 11) is 3.61. The van der Waals surface area contributed by atoms with E-state index in [0.717, 1.165) is 32.3 Å². The number of nitrogens with zero attached hydrogens (tertiary/aromatic N) is 3. The lowest BCUT2D eigenvalue weighted by Gasteiger charge is -2.09. The van der Waals surface area contributed by atoms with Crippen molar-refractivity contribution in [3.05, 3.63) is 29.8 Å². The van der Waals surface area contributed by atoms with Gasteiger partial charge in [-0.2, -0.15) is 9.97 Å². The molecule has 0 aliphatic rings. The van der Waals surface area contributed by atoms with E-state index >= 15 is 0 Å². The number of aromatic nitrogens is 3. The van der Waals surface area contributed by atoms with E-state index < -0.39 is 0 Å². The standard InChI is InChI=1S/C15H17N5OS/c1-8-11-12(16)18-15(17)19-13(11)20(2)14(8)22-10-7-5-4-6-9(10)21-3/h4-7H,1-3H3,(H4,16,17,18,19). The van der Waals surface area contributed by atoms with Crippen LogP contribution in [0.5, 0.6) is 5.75 Å². The summed E-state index contributed by atoms with van der Waals surface area (Å²) < 4.78 is 7.39. The van der Waals surface area contributed by atoms with Gasteiger partial charge in [0.2, 0.25) is 5.95 Å². The number of benzene rings is 1. The van der Waals surface area contributed by atoms with Crippen LogP contribution in [-0.2, 0) is 7.05 Å². The highest BCUT2D eigenvalue weighted by Crippen LogP contribution is 2.40. The minimum Gasteiger partial charge on any atom is -0.496 e. The first kappa shape index (κ1) is 14.5. The Morgan fingerprint density at radius 2 is 1.91 bits per heavy atom. The Balaban J connectivity index is 2.18. The molecule has 0 fully saturated rings. The topological polar surface area (TPSA) is 92.0 Å². The molecule has 2 aromatic heterocycles. The van der Waals surface area contributed by atoms with Gasteiger partial charge in [-0.3, -0.25) is 0 Å². The first-order valence-corrected chi connectivity index (χ1v) is 7.53. The first-order valence-electron chi connectivity index (χ1n) is 6.71. The van der Waals surface area contributed by atoms with Crippen molar-refractivity contribution in [1.29, 1.82) is 0 Å². The van der Waals surface area contributed by atoms with Gasteiger partial charge in [-0.1, -0.05) is 23.9 Å². The number of fused-ring (bicyclic) bond motifs is 1. The van der Waals surface area contributed by atoms with Crippen molar-refractivity contribution in [1.82, 2.24) is 14.5 Å². The maximum absolute atomic E-state index is 6.01. The van der Waals surface area contributed by atoms with Crippen LogP contribution in [0, 0.1) is 6.92 Å². The average Bonchev–Trinajstić information content (AvgIpc) is 2.72. The molecule has 0 radical (unpaired) electrons. The van der Waals surface area contributed by atoms with Gasteiger partial charge in [0.15, 0.2) is 0 Å². The second-order valence-electron chi connectivity index (χ2n) is 4.91. The minimum atomic E-state index is 0.180. The van der Waals surface area contributed by atoms with Gasteiger partial charge in [-0.05, 0) is 24.6 Å². The molecule has 0 saturated heterocycles. The zero-order valence-corrected chi connectivity index (χ0v) is 13.4. The SMILES string of the molecule is COc1ccccc1Sc1c(C)c2c(N)nc(N)nc2n1C. The normalized spacial score (nSPS) is 11.0. The number of rotatable bonds is 3. The Bertz CT molecular complexity index is 859. The third-order valence-electron chi connectivity index (χ3n) is 3.53. The number of hydrogen-bond donors (Lipinski definition) is 2. The molecule has 7 heteroatoms. The van der Waals surface area contributed by atoms with Gasteiger partial charge < -0.3 is 20.8 Å². The van der Waals surface area contributed by atoms with Crippen LogP contribution in [0.25, 0.3) is 11.0 Å². The predicted molar refractivity (Wildman–Crippen MR) is 89.2 cm³/mol. The Labute approximate surface area is 132 Å². The number of ether oxygens (including phenoxy) is 1. The fourth-order valence-corrected chi connectivity index (χ4v) is 3.58. The zero-order valence-electron chi connectivity index (χ0n) is 12.6. The van der Waals surface area contributed by atoms with Crippen molar-refractivity contribution in [2.45, 2.75) is 16.8 Å². The van der Waals surface area contributed by atoms with Gasteiger partial charge in [-0.25, -0.2) is 0 Å². The van der Waals surface area contributed by atoms with Crippen molar-refractivity contribution in [2.75, 3.05) is 18.6 Å². The maximum atomic E-state index is 6.01. The lowest BCUT2D eigenvalue weighted by molar-refractivity contribution is 0.405. The summed E-state index contributed by atoms with van der Waals surface area (Å²) >= 11 is 1.61. The Morgan fingerprint density at radius 3 is 2.64 bits per heavy atom. The molecule has 0 bridgehead atoms. The van der Waals surface area contributed by atoms with Gasteiger partial charge in [0, 0.05) is 7.05 Å². The summed E-state index contributed by atoms with van der Waals surface area (Å²) in [6.07, 6.45) is 0. The third kappa shape index (κ3) is 2.23. The molecule has 2 heterocycles. The lowest BCUT2D eigenvalue weighted by Crippen LogP contribution is -2.01. The van der Waals surface area contributed by atoms with Crippen molar-refractivity contribution in [3.63, 3.8) is 0 Å². The van der Waals surface area contributed by atoms with Crippen LogP contribution in [0.2, 0.25) is 0 Å². The summed E-state index contributed by atoms with van der Waals surface area (Å²) in [6, 6.07) is 7.88. The van der Waals surface area contributed by atoms with Crippen molar-refractivity contribution >= 4 is 34.6 Å². The fourth-order valence-electron chi connectivity index (χ4n) is 2.49. The molecular formula is C15H17N5OS. The van der Waals surface area contributed by atoms with Gasteiger partial charge in [0.05, 0.1) is 22.4 Å². The highest BCUT2D eigenvalue weighted by Gasteiger charge is 2.18. The molecule has 22 heavy (non-hydrogen) atoms. The number of anilines is 2. The van der Waals surface area contributed by atoms with Gasteiger partial charge >= 0.3 is 0 Å². The highest BCUT2D eigenvalue weighted by atomic mass is 32.2. The molecule has 0 spiro atoms. The molecule has 0 unspecified atom stereocenters. The Morgan fingerprint density at radius 1 is 1.18 bits per heavy atom. The van der Waals surface area contributed by atoms with E-state index in [2.05, 4.69) is 9.97 Å². The molecule has 3 rings (SSSR count). The predicted octanol–water partition coefficient (Wildman–Crippen LogP) is 2.60. The number of nitrogen functional groups attached to an aromatic ring is 2. The minimum absolute atomic E-state index is 0.180. The number of methoxy groups -OCH3 is 1. The molecule has 6 nitrogen and oxygen atoms in total. The van der Waals surface area contributed by atoms with Crippen molar-refractivity contribution in [2.24, 2.45) is 7.05 Å². The van der Waals surface area contributed by atoms with E-state index in [-0.39, 0.29) is 5.95 Å². The maximum Gasteiger partial charge on any atom is 0.223 e. The summed E-state index contributed by atoms with van der Waals surface area (Å²) in [4.78, 5) is 9.39. The van der Waals surface area contributed by atoms with Crippen LogP contribution in [0.15, 0.2) is 34.2 Å². The molecule has 1 aromatic carbocycles. The van der Waals surface area contributed by atoms with Gasteiger partial charge in [0.25, 0.3) is 0 Å². The van der Waals surface area contributed by atoms with Crippen LogP contribution in [0.1, 0.15) is 5.56 Å². The van der Waals surface area contributed by atoms with Crippen LogP contribution < -0.4 is 16.2 Å². The zero-order chi connectivity index (χ0) is 15.9. The van der Waals surface area contributed by atoms with E-state index in [1.54, 1.807) is 18.9 Å². The molecule has 0 aliphatic heterocycles. The molecular weight excluding hydrogens is 298 g/mol. The molecule has 0 aliphatic carbocycles. The molecule has 4 N–H and O–H groups in total. The van der Waals surface area contributed by atoms with E-state index in [1.165, 1.54) is 0 Å². The third-order valence-corrected chi connectivity index (χ3v) is 4.86. The number of para-hydroxylation sites is 1. The van der Waals surface area contributed by atoms with E-state index in [9.17, 15) is 0 Å². The summed E-state index contributed by atoms with van der Waals surface area (Å²) in [6.45, 7) is 2.01.